The van der Waals surface area contributed by atoms with Crippen LogP contribution in [0.3, 0.4) is 0 Å². The van der Waals surface area contributed by atoms with Crippen LogP contribution in [-0.2, 0) is 21.7 Å². The summed E-state index contributed by atoms with van der Waals surface area (Å²) < 4.78 is 11.2. The lowest BCUT2D eigenvalue weighted by atomic mass is 9.81. The predicted molar refractivity (Wildman–Crippen MR) is 168 cm³/mol. The van der Waals surface area contributed by atoms with Gasteiger partial charge in [-0.25, -0.2) is 0 Å². The molecular formula is C34H44ClN3O4. The van der Waals surface area contributed by atoms with Gasteiger partial charge < -0.3 is 19.5 Å². The van der Waals surface area contributed by atoms with Crippen LogP contribution in [0.25, 0.3) is 5.57 Å². The van der Waals surface area contributed by atoms with Gasteiger partial charge in [-0.05, 0) is 93.3 Å². The summed E-state index contributed by atoms with van der Waals surface area (Å²) in [7, 11) is 1.45. The molecule has 0 aromatic heterocycles. The minimum atomic E-state index is -0.924. The van der Waals surface area contributed by atoms with Gasteiger partial charge in [-0.3, -0.25) is 14.7 Å². The topological polar surface area (TPSA) is 74.6 Å². The van der Waals surface area contributed by atoms with Crippen LogP contribution in [0, 0.1) is 5.92 Å². The second-order valence-corrected chi connectivity index (χ2v) is 12.7. The number of benzene rings is 2. The molecule has 3 aliphatic rings. The van der Waals surface area contributed by atoms with Crippen molar-refractivity contribution in [1.82, 2.24) is 9.80 Å². The molecule has 42 heavy (non-hydrogen) atoms. The Kier molecular flexibility index (Phi) is 10.0. The van der Waals surface area contributed by atoms with E-state index < -0.39 is 5.60 Å². The van der Waals surface area contributed by atoms with Crippen molar-refractivity contribution in [2.45, 2.75) is 70.2 Å². The molecule has 0 spiro atoms. The zero-order chi connectivity index (χ0) is 29.7. The van der Waals surface area contributed by atoms with Crippen molar-refractivity contribution in [3.05, 3.63) is 70.3 Å². The van der Waals surface area contributed by atoms with Crippen molar-refractivity contribution in [1.29, 1.82) is 0 Å². The highest BCUT2D eigenvalue weighted by Gasteiger charge is 2.33. The number of nitrogens with zero attached hydrogens (tertiary/aromatic N) is 3. The van der Waals surface area contributed by atoms with E-state index in [9.17, 15) is 9.90 Å². The molecule has 3 heterocycles. The molecule has 0 bridgehead atoms. The zero-order valence-electron chi connectivity index (χ0n) is 25.1. The normalized spacial score (nSPS) is 23.4. The minimum Gasteiger partial charge on any atom is -0.491 e. The monoisotopic (exact) mass is 593 g/mol. The fourth-order valence-corrected chi connectivity index (χ4v) is 6.57. The number of esters is 1. The fourth-order valence-electron chi connectivity index (χ4n) is 6.45. The van der Waals surface area contributed by atoms with E-state index in [1.54, 1.807) is 0 Å². The molecule has 0 radical (unpaired) electrons. The van der Waals surface area contributed by atoms with E-state index in [2.05, 4.69) is 34.1 Å². The molecule has 1 saturated heterocycles. The molecule has 5 rings (SSSR count). The molecular weight excluding hydrogens is 550 g/mol. The second-order valence-electron chi connectivity index (χ2n) is 12.3. The average molecular weight is 594 g/mol. The summed E-state index contributed by atoms with van der Waals surface area (Å²) in [5, 5.41) is 11.5. The highest BCUT2D eigenvalue weighted by Crippen LogP contribution is 2.42. The maximum absolute atomic E-state index is 12.0. The van der Waals surface area contributed by atoms with Crippen LogP contribution in [-0.4, -0.2) is 79.1 Å². The Balaban J connectivity index is 1.29. The van der Waals surface area contributed by atoms with Crippen molar-refractivity contribution in [3.8, 4) is 5.75 Å². The lowest BCUT2D eigenvalue weighted by molar-refractivity contribution is -0.141. The number of rotatable bonds is 10. The lowest BCUT2D eigenvalue weighted by Gasteiger charge is -2.29. The van der Waals surface area contributed by atoms with Crippen LogP contribution < -0.4 is 4.74 Å². The maximum Gasteiger partial charge on any atom is 0.306 e. The SMILES string of the molecule is COC(=O)CCN(Cc1ccc(Cl)cc1)[C@@H]1CCN(CCC=C2c3cc(C(C)(C)O)ccc3OCC3N=CCCC23)C1. The van der Waals surface area contributed by atoms with Crippen LogP contribution in [0.15, 0.2) is 53.5 Å². The van der Waals surface area contributed by atoms with E-state index in [-0.39, 0.29) is 12.0 Å². The van der Waals surface area contributed by atoms with Crippen molar-refractivity contribution >= 4 is 29.4 Å². The summed E-state index contributed by atoms with van der Waals surface area (Å²) in [5.74, 6) is 1.01. The van der Waals surface area contributed by atoms with Crippen molar-refractivity contribution < 1.29 is 19.4 Å². The molecule has 1 fully saturated rings. The van der Waals surface area contributed by atoms with E-state index in [0.717, 1.165) is 73.8 Å². The number of carbonyl (C=O) groups excluding carboxylic acids is 1. The highest BCUT2D eigenvalue weighted by atomic mass is 35.5. The molecule has 0 aliphatic carbocycles. The van der Waals surface area contributed by atoms with Crippen LogP contribution in [0.5, 0.6) is 5.75 Å². The number of carbonyl (C=O) groups is 1. The lowest BCUT2D eigenvalue weighted by Crippen LogP contribution is -2.38. The maximum atomic E-state index is 12.0. The molecule has 0 saturated carbocycles. The van der Waals surface area contributed by atoms with Crippen LogP contribution in [0.1, 0.15) is 62.6 Å². The summed E-state index contributed by atoms with van der Waals surface area (Å²) in [5.41, 5.74) is 3.55. The molecule has 0 amide bonds. The van der Waals surface area contributed by atoms with Gasteiger partial charge in [0.2, 0.25) is 0 Å². The first-order chi connectivity index (χ1) is 20.2. The summed E-state index contributed by atoms with van der Waals surface area (Å²) in [6.07, 6.45) is 8.85. The number of halogens is 1. The molecule has 3 aliphatic heterocycles. The van der Waals surface area contributed by atoms with Gasteiger partial charge in [-0.15, -0.1) is 0 Å². The predicted octanol–water partition coefficient (Wildman–Crippen LogP) is 5.72. The molecule has 8 heteroatoms. The van der Waals surface area contributed by atoms with E-state index in [1.165, 1.54) is 18.2 Å². The Bertz CT molecular complexity index is 1290. The van der Waals surface area contributed by atoms with Gasteiger partial charge in [0.25, 0.3) is 0 Å². The Morgan fingerprint density at radius 3 is 2.81 bits per heavy atom. The smallest absolute Gasteiger partial charge is 0.306 e. The number of methoxy groups -OCH3 is 1. The van der Waals surface area contributed by atoms with Crippen LogP contribution in [0.4, 0.5) is 0 Å². The molecule has 2 aromatic carbocycles. The number of ether oxygens (including phenoxy) is 2. The van der Waals surface area contributed by atoms with E-state index >= 15 is 0 Å². The van der Waals surface area contributed by atoms with E-state index in [4.69, 9.17) is 26.1 Å². The first kappa shape index (κ1) is 30.7. The Hall–Kier alpha value is -2.71. The van der Waals surface area contributed by atoms with Crippen LogP contribution >= 0.6 is 11.6 Å². The molecule has 2 aromatic rings. The Morgan fingerprint density at radius 2 is 2.05 bits per heavy atom. The molecule has 226 valence electrons. The van der Waals surface area contributed by atoms with Crippen molar-refractivity contribution in [2.24, 2.45) is 10.9 Å². The number of hydrogen-bond acceptors (Lipinski definition) is 7. The largest absolute Gasteiger partial charge is 0.491 e. The van der Waals surface area contributed by atoms with E-state index in [1.807, 2.05) is 44.3 Å². The Labute approximate surface area is 255 Å². The Morgan fingerprint density at radius 1 is 1.24 bits per heavy atom. The standard InChI is InChI=1S/C34H44ClN3O4/c1-34(2,40)25-10-13-32-30(20-25)28(29-6-4-16-36-31(29)23-42-32)7-5-17-37-18-14-27(22-37)38(19-15-33(39)41-3)21-24-8-11-26(35)12-9-24/h7-13,16,20,27,29,31,40H,4-6,14-15,17-19,21-23H2,1-3H3/t27-,29?,31?/m1/s1. The second kappa shape index (κ2) is 13.7. The molecule has 1 N–H and O–H groups in total. The van der Waals surface area contributed by atoms with Gasteiger partial charge in [0.1, 0.15) is 12.4 Å². The first-order valence-electron chi connectivity index (χ1n) is 15.2. The van der Waals surface area contributed by atoms with Crippen molar-refractivity contribution in [3.63, 3.8) is 0 Å². The molecule has 7 nitrogen and oxygen atoms in total. The van der Waals surface area contributed by atoms with E-state index in [0.29, 0.717) is 31.5 Å². The zero-order valence-corrected chi connectivity index (χ0v) is 25.9. The molecule has 2 unspecified atom stereocenters. The number of aliphatic imine (C=N–C) groups is 1. The van der Waals surface area contributed by atoms with Gasteiger partial charge in [-0.1, -0.05) is 35.9 Å². The summed E-state index contributed by atoms with van der Waals surface area (Å²) in [4.78, 5) is 21.7. The number of aliphatic hydroxyl groups is 1. The number of likely N-dealkylation sites (tertiary alicyclic amines) is 1. The minimum absolute atomic E-state index is 0.121. The van der Waals surface area contributed by atoms with Crippen molar-refractivity contribution in [2.75, 3.05) is 39.9 Å². The molecule has 3 atom stereocenters. The summed E-state index contributed by atoms with van der Waals surface area (Å²) in [6.45, 7) is 8.65. The summed E-state index contributed by atoms with van der Waals surface area (Å²) in [6, 6.07) is 14.6. The average Bonchev–Trinajstić information content (AvgIpc) is 3.39. The van der Waals surface area contributed by atoms with Gasteiger partial charge >= 0.3 is 5.97 Å². The third-order valence-electron chi connectivity index (χ3n) is 8.88. The van der Waals surface area contributed by atoms with Gasteiger partial charge in [0.05, 0.1) is 25.2 Å². The first-order valence-corrected chi connectivity index (χ1v) is 15.6. The van der Waals surface area contributed by atoms with Crippen LogP contribution in [0.2, 0.25) is 5.02 Å². The third-order valence-corrected chi connectivity index (χ3v) is 9.13. The number of hydrogen-bond donors (Lipinski definition) is 1. The van der Waals surface area contributed by atoms with Gasteiger partial charge in [-0.2, -0.15) is 0 Å². The number of fused-ring (bicyclic) bond motifs is 2. The quantitative estimate of drug-likeness (QED) is 0.355. The highest BCUT2D eigenvalue weighted by molar-refractivity contribution is 6.30. The fraction of sp³-hybridized carbons (Fsp3) is 0.529. The van der Waals surface area contributed by atoms with Gasteiger partial charge in [0.15, 0.2) is 0 Å². The summed E-state index contributed by atoms with van der Waals surface area (Å²) >= 11 is 6.11. The third kappa shape index (κ3) is 7.62. The van der Waals surface area contributed by atoms with Gasteiger partial charge in [0, 0.05) is 48.7 Å².